The van der Waals surface area contributed by atoms with Crippen molar-refractivity contribution >= 4 is 85.7 Å². The number of amides is 2. The van der Waals surface area contributed by atoms with Gasteiger partial charge in [-0.1, -0.05) is 18.2 Å². The summed E-state index contributed by atoms with van der Waals surface area (Å²) in [5, 5.41) is 9.58. The Morgan fingerprint density at radius 1 is 1.12 bits per heavy atom. The average Bonchev–Trinajstić information content (AvgIpc) is 3.29. The molecule has 0 N–H and O–H groups in total. The lowest BCUT2D eigenvalue weighted by atomic mass is 10.1. The number of hydrogen-bond acceptors (Lipinski definition) is 7. The zero-order valence-electron chi connectivity index (χ0n) is 22.7. The summed E-state index contributed by atoms with van der Waals surface area (Å²) in [4.78, 5) is 35.0. The average molecular weight is 804 g/mol. The lowest BCUT2D eigenvalue weighted by Gasteiger charge is -2.26. The van der Waals surface area contributed by atoms with Gasteiger partial charge in [-0.25, -0.2) is 4.99 Å². The van der Waals surface area contributed by atoms with Gasteiger partial charge in [0.2, 0.25) is 0 Å². The molecule has 42 heavy (non-hydrogen) atoms. The summed E-state index contributed by atoms with van der Waals surface area (Å²) >= 11 is 5.82. The van der Waals surface area contributed by atoms with Crippen molar-refractivity contribution in [2.24, 2.45) is 4.99 Å². The van der Waals surface area contributed by atoms with Crippen molar-refractivity contribution in [3.8, 4) is 11.8 Å². The van der Waals surface area contributed by atoms with Gasteiger partial charge in [0.05, 0.1) is 42.6 Å². The number of halogens is 2. The quantitative estimate of drug-likeness (QED) is 0.202. The SMILES string of the molecule is CCN1C(=O)/C(=C\c2cc(I)c(OCc3ccc(C#N)cc3)c(I)c2)SC1=Nc1cccc(C(=O)N2CCOCC2)c1. The minimum Gasteiger partial charge on any atom is -0.487 e. The van der Waals surface area contributed by atoms with Gasteiger partial charge in [0.15, 0.2) is 5.17 Å². The van der Waals surface area contributed by atoms with E-state index >= 15 is 0 Å². The zero-order chi connectivity index (χ0) is 29.6. The smallest absolute Gasteiger partial charge is 0.266 e. The minimum absolute atomic E-state index is 0.0445. The van der Waals surface area contributed by atoms with Crippen LogP contribution in [0.3, 0.4) is 0 Å². The van der Waals surface area contributed by atoms with Gasteiger partial charge in [0.25, 0.3) is 11.8 Å². The number of ether oxygens (including phenoxy) is 2. The van der Waals surface area contributed by atoms with Gasteiger partial charge >= 0.3 is 0 Å². The Morgan fingerprint density at radius 2 is 1.83 bits per heavy atom. The molecule has 0 unspecified atom stereocenters. The Kier molecular flexibility index (Phi) is 10.2. The van der Waals surface area contributed by atoms with Crippen molar-refractivity contribution in [2.75, 3.05) is 32.8 Å². The van der Waals surface area contributed by atoms with Gasteiger partial charge in [-0.2, -0.15) is 5.26 Å². The van der Waals surface area contributed by atoms with Crippen LogP contribution in [-0.4, -0.2) is 59.6 Å². The molecule has 3 aromatic rings. The number of nitrogens with zero attached hydrogens (tertiary/aromatic N) is 4. The molecule has 0 aromatic heterocycles. The number of rotatable bonds is 7. The number of thioether (sulfide) groups is 1. The Balaban J connectivity index is 1.33. The Labute approximate surface area is 276 Å². The third-order valence-corrected chi connectivity index (χ3v) is 9.21. The molecule has 214 valence electrons. The van der Waals surface area contributed by atoms with Gasteiger partial charge in [-0.15, -0.1) is 0 Å². The number of likely N-dealkylation sites (N-methyl/N-ethyl adjacent to an activating group) is 1. The number of benzene rings is 3. The molecule has 2 heterocycles. The van der Waals surface area contributed by atoms with Crippen LogP contribution in [0.4, 0.5) is 5.69 Å². The molecule has 3 aromatic carbocycles. The molecule has 0 radical (unpaired) electrons. The second-order valence-corrected chi connectivity index (χ2v) is 12.8. The second-order valence-electron chi connectivity index (χ2n) is 9.42. The van der Waals surface area contributed by atoms with E-state index in [0.717, 1.165) is 24.0 Å². The third-order valence-electron chi connectivity index (χ3n) is 6.61. The van der Waals surface area contributed by atoms with Crippen LogP contribution in [0.1, 0.15) is 34.0 Å². The van der Waals surface area contributed by atoms with E-state index < -0.39 is 0 Å². The first-order valence-electron chi connectivity index (χ1n) is 13.2. The molecule has 0 atom stereocenters. The van der Waals surface area contributed by atoms with Crippen molar-refractivity contribution in [2.45, 2.75) is 13.5 Å². The lowest BCUT2D eigenvalue weighted by Crippen LogP contribution is -2.40. The maximum atomic E-state index is 13.3. The van der Waals surface area contributed by atoms with Gasteiger partial charge in [0, 0.05) is 25.2 Å². The number of aliphatic imine (C=N–C) groups is 1. The van der Waals surface area contributed by atoms with Crippen LogP contribution >= 0.6 is 56.9 Å². The van der Waals surface area contributed by atoms with Crippen molar-refractivity contribution < 1.29 is 19.1 Å². The molecule has 0 bridgehead atoms. The van der Waals surface area contributed by atoms with E-state index in [2.05, 4.69) is 51.3 Å². The van der Waals surface area contributed by atoms with E-state index in [4.69, 9.17) is 19.7 Å². The monoisotopic (exact) mass is 804 g/mol. The number of carbonyl (C=O) groups is 2. The highest BCUT2D eigenvalue weighted by atomic mass is 127. The van der Waals surface area contributed by atoms with Crippen molar-refractivity contribution in [3.63, 3.8) is 0 Å². The van der Waals surface area contributed by atoms with Gasteiger partial charge in [0.1, 0.15) is 12.4 Å². The van der Waals surface area contributed by atoms with Crippen molar-refractivity contribution in [1.29, 1.82) is 5.26 Å². The van der Waals surface area contributed by atoms with Gasteiger partial charge in [-0.05, 0) is 124 Å². The zero-order valence-corrected chi connectivity index (χ0v) is 27.8. The number of hydrogen-bond donors (Lipinski definition) is 0. The van der Waals surface area contributed by atoms with E-state index in [9.17, 15) is 9.59 Å². The summed E-state index contributed by atoms with van der Waals surface area (Å²) in [6.45, 7) is 5.01. The Hall–Kier alpha value is -2.93. The van der Waals surface area contributed by atoms with E-state index in [-0.39, 0.29) is 11.8 Å². The van der Waals surface area contributed by atoms with Crippen LogP contribution in [0.15, 0.2) is 70.6 Å². The number of carbonyl (C=O) groups excluding carboxylic acids is 2. The largest absolute Gasteiger partial charge is 0.487 e. The van der Waals surface area contributed by atoms with Crippen LogP contribution in [0.2, 0.25) is 0 Å². The second kappa shape index (κ2) is 14.0. The molecule has 0 spiro atoms. The molecule has 2 saturated heterocycles. The van der Waals surface area contributed by atoms with Gasteiger partial charge in [-0.3, -0.25) is 14.5 Å². The fourth-order valence-corrected chi connectivity index (χ4v) is 7.61. The van der Waals surface area contributed by atoms with Crippen molar-refractivity contribution in [3.05, 3.63) is 95.0 Å². The predicted octanol–water partition coefficient (Wildman–Crippen LogP) is 6.44. The summed E-state index contributed by atoms with van der Waals surface area (Å²) in [6, 6.07) is 20.6. The molecule has 5 rings (SSSR count). The topological polar surface area (TPSA) is 95.2 Å². The highest BCUT2D eigenvalue weighted by Crippen LogP contribution is 2.36. The third kappa shape index (κ3) is 7.16. The standard InChI is InChI=1S/C31H26I2N4O4S/c1-2-37-30(39)27(42-31(37)35-24-5-3-4-23(17-24)29(38)36-10-12-40-13-11-36)16-22-14-25(32)28(26(33)15-22)41-19-21-8-6-20(18-34)7-9-21/h3-9,14-17H,2,10-13,19H2,1H3/b27-16+,35-31?. The maximum absolute atomic E-state index is 13.3. The minimum atomic E-state index is -0.104. The summed E-state index contributed by atoms with van der Waals surface area (Å²) in [6.07, 6.45) is 1.88. The van der Waals surface area contributed by atoms with E-state index in [0.29, 0.717) is 66.3 Å². The first kappa shape index (κ1) is 30.5. The van der Waals surface area contributed by atoms with E-state index in [1.165, 1.54) is 11.8 Å². The summed E-state index contributed by atoms with van der Waals surface area (Å²) < 4.78 is 13.3. The highest BCUT2D eigenvalue weighted by molar-refractivity contribution is 14.1. The lowest BCUT2D eigenvalue weighted by molar-refractivity contribution is -0.122. The fraction of sp³-hybridized carbons (Fsp3) is 0.226. The molecule has 11 heteroatoms. The number of amidine groups is 1. The molecule has 0 aliphatic carbocycles. The molecular weight excluding hydrogens is 778 g/mol. The number of morpholine rings is 1. The summed E-state index contributed by atoms with van der Waals surface area (Å²) in [5.74, 6) is 0.627. The van der Waals surface area contributed by atoms with Crippen molar-refractivity contribution in [1.82, 2.24) is 9.80 Å². The molecular formula is C31H26I2N4O4S. The molecule has 2 amide bonds. The maximum Gasteiger partial charge on any atom is 0.266 e. The molecule has 0 saturated carbocycles. The molecule has 2 fully saturated rings. The van der Waals surface area contributed by atoms with Crippen LogP contribution in [0.5, 0.6) is 5.75 Å². The van der Waals surface area contributed by atoms with E-state index in [1.807, 2.05) is 49.4 Å². The van der Waals surface area contributed by atoms with Crippen LogP contribution < -0.4 is 4.74 Å². The molecule has 2 aliphatic rings. The van der Waals surface area contributed by atoms with Crippen LogP contribution in [0.25, 0.3) is 6.08 Å². The first-order valence-corrected chi connectivity index (χ1v) is 16.2. The normalized spacial score (nSPS) is 17.1. The van der Waals surface area contributed by atoms with Crippen LogP contribution in [0, 0.1) is 18.5 Å². The first-order chi connectivity index (χ1) is 20.4. The summed E-state index contributed by atoms with van der Waals surface area (Å²) in [5.41, 5.74) is 3.67. The highest BCUT2D eigenvalue weighted by Gasteiger charge is 2.32. The molecule has 2 aliphatic heterocycles. The summed E-state index contributed by atoms with van der Waals surface area (Å²) in [7, 11) is 0. The van der Waals surface area contributed by atoms with Crippen LogP contribution in [-0.2, 0) is 16.1 Å². The van der Waals surface area contributed by atoms with Gasteiger partial charge < -0.3 is 14.4 Å². The predicted molar refractivity (Wildman–Crippen MR) is 181 cm³/mol. The number of nitriles is 1. The van der Waals surface area contributed by atoms with E-state index in [1.54, 1.807) is 34.1 Å². The Morgan fingerprint density at radius 3 is 2.50 bits per heavy atom. The fourth-order valence-electron chi connectivity index (χ4n) is 4.42. The molecule has 8 nitrogen and oxygen atoms in total. The Bertz CT molecular complexity index is 1590.